The molecule has 0 aromatic rings. The van der Waals surface area contributed by atoms with Crippen LogP contribution in [0.2, 0.25) is 0 Å². The van der Waals surface area contributed by atoms with E-state index < -0.39 is 0 Å². The minimum atomic E-state index is 0.594. The zero-order valence-electron chi connectivity index (χ0n) is 13.6. The van der Waals surface area contributed by atoms with Crippen LogP contribution in [0.15, 0.2) is 0 Å². The van der Waals surface area contributed by atoms with Gasteiger partial charge in [0.1, 0.15) is 0 Å². The molecule has 2 saturated carbocycles. The maximum absolute atomic E-state index is 4.08. The lowest BCUT2D eigenvalue weighted by atomic mass is 9.74. The van der Waals surface area contributed by atoms with Gasteiger partial charge in [-0.15, -0.1) is 0 Å². The molecule has 2 nitrogen and oxygen atoms in total. The van der Waals surface area contributed by atoms with Gasteiger partial charge in [0.15, 0.2) is 0 Å². The summed E-state index contributed by atoms with van der Waals surface area (Å²) in [7, 11) is 0. The molecule has 0 amide bonds. The van der Waals surface area contributed by atoms with Crippen LogP contribution >= 0.6 is 0 Å². The summed E-state index contributed by atoms with van der Waals surface area (Å²) in [5.74, 6) is 0.904. The van der Waals surface area contributed by atoms with Crippen LogP contribution in [0.4, 0.5) is 0 Å². The molecule has 0 aromatic carbocycles. The Kier molecular flexibility index (Phi) is 4.72. The predicted octanol–water partition coefficient (Wildman–Crippen LogP) is 3.86. The normalized spacial score (nSPS) is 39.0. The first-order chi connectivity index (χ1) is 9.64. The summed E-state index contributed by atoms with van der Waals surface area (Å²) in [6.07, 6.45) is 14.2. The van der Waals surface area contributed by atoms with Gasteiger partial charge in [0.2, 0.25) is 0 Å². The Morgan fingerprint density at radius 1 is 0.900 bits per heavy atom. The van der Waals surface area contributed by atoms with Crippen LogP contribution in [0.25, 0.3) is 0 Å². The third-order valence-electron chi connectivity index (χ3n) is 6.22. The molecule has 3 fully saturated rings. The Morgan fingerprint density at radius 3 is 2.35 bits per heavy atom. The largest absolute Gasteiger partial charge is 0.314 e. The summed E-state index contributed by atoms with van der Waals surface area (Å²) in [5.41, 5.74) is 0.594. The van der Waals surface area contributed by atoms with Gasteiger partial charge in [0.25, 0.3) is 0 Å². The minimum absolute atomic E-state index is 0.594. The molecule has 0 bridgehead atoms. The fourth-order valence-electron chi connectivity index (χ4n) is 4.79. The highest BCUT2D eigenvalue weighted by Gasteiger charge is 2.35. The highest BCUT2D eigenvalue weighted by Crippen LogP contribution is 2.37. The first-order valence-electron chi connectivity index (χ1n) is 9.13. The molecule has 3 atom stereocenters. The van der Waals surface area contributed by atoms with E-state index in [4.69, 9.17) is 0 Å². The van der Waals surface area contributed by atoms with Crippen molar-refractivity contribution >= 4 is 0 Å². The van der Waals surface area contributed by atoms with E-state index in [0.29, 0.717) is 5.41 Å². The molecule has 116 valence electrons. The van der Waals surface area contributed by atoms with Crippen LogP contribution in [-0.2, 0) is 0 Å². The van der Waals surface area contributed by atoms with Crippen molar-refractivity contribution in [2.75, 3.05) is 6.54 Å². The van der Waals surface area contributed by atoms with Gasteiger partial charge in [0, 0.05) is 18.1 Å². The second-order valence-corrected chi connectivity index (χ2v) is 8.36. The van der Waals surface area contributed by atoms with E-state index in [-0.39, 0.29) is 0 Å². The number of rotatable bonds is 3. The smallest absolute Gasteiger partial charge is 0.0113 e. The van der Waals surface area contributed by atoms with Gasteiger partial charge in [-0.05, 0) is 69.2 Å². The summed E-state index contributed by atoms with van der Waals surface area (Å²) in [6, 6.07) is 2.41. The zero-order chi connectivity index (χ0) is 14.0. The molecule has 1 aliphatic heterocycles. The van der Waals surface area contributed by atoms with Gasteiger partial charge in [-0.1, -0.05) is 26.7 Å². The van der Waals surface area contributed by atoms with E-state index in [1.807, 2.05) is 0 Å². The molecule has 2 aliphatic carbocycles. The molecule has 2 heteroatoms. The van der Waals surface area contributed by atoms with Gasteiger partial charge >= 0.3 is 0 Å². The maximum Gasteiger partial charge on any atom is 0.0113 e. The Hall–Kier alpha value is -0.0800. The van der Waals surface area contributed by atoms with E-state index in [1.54, 1.807) is 0 Å². The second kappa shape index (κ2) is 6.36. The zero-order valence-corrected chi connectivity index (χ0v) is 13.6. The molecule has 1 saturated heterocycles. The highest BCUT2D eigenvalue weighted by atomic mass is 15.0. The molecular formula is C18H34N2. The lowest BCUT2D eigenvalue weighted by Gasteiger charge is -2.41. The van der Waals surface area contributed by atoms with Crippen molar-refractivity contribution in [3.8, 4) is 0 Å². The van der Waals surface area contributed by atoms with Crippen molar-refractivity contribution in [3.63, 3.8) is 0 Å². The Bertz CT molecular complexity index is 297. The van der Waals surface area contributed by atoms with Gasteiger partial charge in [-0.3, -0.25) is 0 Å². The lowest BCUT2D eigenvalue weighted by molar-refractivity contribution is 0.155. The first-order valence-corrected chi connectivity index (χ1v) is 9.13. The van der Waals surface area contributed by atoms with E-state index in [0.717, 1.165) is 24.0 Å². The number of hydrogen-bond acceptors (Lipinski definition) is 2. The first kappa shape index (κ1) is 14.8. The standard InChI is InChI=1S/C18H34N2/c1-18(2)11-9-14(10-12-18)20-17-7-4-3-6-15(17)16-8-5-13-19-16/h14-17,19-20H,3-13H2,1-2H3. The summed E-state index contributed by atoms with van der Waals surface area (Å²) >= 11 is 0. The van der Waals surface area contributed by atoms with Crippen LogP contribution in [0.1, 0.15) is 78.1 Å². The Labute approximate surface area is 125 Å². The lowest BCUT2D eigenvalue weighted by Crippen LogP contribution is -2.51. The second-order valence-electron chi connectivity index (χ2n) is 8.36. The summed E-state index contributed by atoms with van der Waals surface area (Å²) in [6.45, 7) is 6.13. The molecule has 2 N–H and O–H groups in total. The molecule has 0 radical (unpaired) electrons. The topological polar surface area (TPSA) is 24.1 Å². The molecule has 3 rings (SSSR count). The van der Waals surface area contributed by atoms with Gasteiger partial charge in [-0.25, -0.2) is 0 Å². The van der Waals surface area contributed by atoms with Crippen molar-refractivity contribution in [1.29, 1.82) is 0 Å². The van der Waals surface area contributed by atoms with E-state index in [2.05, 4.69) is 24.5 Å². The van der Waals surface area contributed by atoms with E-state index >= 15 is 0 Å². The minimum Gasteiger partial charge on any atom is -0.314 e. The van der Waals surface area contributed by atoms with Crippen molar-refractivity contribution in [3.05, 3.63) is 0 Å². The average Bonchev–Trinajstić information content (AvgIpc) is 2.96. The number of nitrogens with one attached hydrogen (secondary N) is 2. The Balaban J connectivity index is 1.54. The predicted molar refractivity (Wildman–Crippen MR) is 85.9 cm³/mol. The third-order valence-corrected chi connectivity index (χ3v) is 6.22. The monoisotopic (exact) mass is 278 g/mol. The molecule has 20 heavy (non-hydrogen) atoms. The van der Waals surface area contributed by atoms with Crippen molar-refractivity contribution < 1.29 is 0 Å². The molecule has 0 aromatic heterocycles. The average molecular weight is 278 g/mol. The molecular weight excluding hydrogens is 244 g/mol. The van der Waals surface area contributed by atoms with Crippen LogP contribution in [0.3, 0.4) is 0 Å². The molecule has 3 unspecified atom stereocenters. The van der Waals surface area contributed by atoms with Gasteiger partial charge < -0.3 is 10.6 Å². The molecule has 3 aliphatic rings. The number of hydrogen-bond donors (Lipinski definition) is 2. The maximum atomic E-state index is 4.08. The van der Waals surface area contributed by atoms with E-state index in [9.17, 15) is 0 Å². The van der Waals surface area contributed by atoms with Crippen LogP contribution in [-0.4, -0.2) is 24.7 Å². The highest BCUT2D eigenvalue weighted by molar-refractivity contribution is 4.94. The van der Waals surface area contributed by atoms with Crippen molar-refractivity contribution in [2.24, 2.45) is 11.3 Å². The summed E-state index contributed by atoms with van der Waals surface area (Å²) in [5, 5.41) is 7.85. The van der Waals surface area contributed by atoms with Crippen molar-refractivity contribution in [2.45, 2.75) is 96.2 Å². The van der Waals surface area contributed by atoms with Gasteiger partial charge in [0.05, 0.1) is 0 Å². The van der Waals surface area contributed by atoms with Crippen LogP contribution in [0.5, 0.6) is 0 Å². The van der Waals surface area contributed by atoms with Crippen molar-refractivity contribution in [1.82, 2.24) is 10.6 Å². The third kappa shape index (κ3) is 3.57. The summed E-state index contributed by atoms with van der Waals surface area (Å²) in [4.78, 5) is 0. The summed E-state index contributed by atoms with van der Waals surface area (Å²) < 4.78 is 0. The SMILES string of the molecule is CC1(C)CCC(NC2CCCCC2C2CCCN2)CC1. The molecule has 0 spiro atoms. The fraction of sp³-hybridized carbons (Fsp3) is 1.00. The molecule has 1 heterocycles. The van der Waals surface area contributed by atoms with Crippen LogP contribution < -0.4 is 10.6 Å². The van der Waals surface area contributed by atoms with Gasteiger partial charge in [-0.2, -0.15) is 0 Å². The quantitative estimate of drug-likeness (QED) is 0.819. The van der Waals surface area contributed by atoms with E-state index in [1.165, 1.54) is 70.8 Å². The van der Waals surface area contributed by atoms with Crippen LogP contribution in [0, 0.1) is 11.3 Å². The Morgan fingerprint density at radius 2 is 1.65 bits per heavy atom. The fourth-order valence-corrected chi connectivity index (χ4v) is 4.79.